The highest BCUT2D eigenvalue weighted by Gasteiger charge is 2.16. The summed E-state index contributed by atoms with van der Waals surface area (Å²) in [7, 11) is 0. The molecule has 2 heterocycles. The van der Waals surface area contributed by atoms with Gasteiger partial charge in [0.05, 0.1) is 5.56 Å². The average Bonchev–Trinajstić information content (AvgIpc) is 2.15. The third-order valence-electron chi connectivity index (χ3n) is 2.39. The van der Waals surface area contributed by atoms with Crippen molar-refractivity contribution in [3.8, 4) is 11.4 Å². The Morgan fingerprint density at radius 2 is 2.00 bits per heavy atom. The lowest BCUT2D eigenvalue weighted by molar-refractivity contribution is 0.551. The lowest BCUT2D eigenvalue weighted by atomic mass is 10.0. The van der Waals surface area contributed by atoms with E-state index >= 15 is 0 Å². The van der Waals surface area contributed by atoms with Crippen molar-refractivity contribution < 1.29 is 8.78 Å². The molecule has 16 heavy (non-hydrogen) atoms. The van der Waals surface area contributed by atoms with Gasteiger partial charge in [0, 0.05) is 11.6 Å². The summed E-state index contributed by atoms with van der Waals surface area (Å²) in [6.07, 6.45) is 0. The minimum Gasteiger partial charge on any atom is -0.316 e. The van der Waals surface area contributed by atoms with E-state index in [-0.39, 0.29) is 17.3 Å². The molecule has 84 valence electrons. The lowest BCUT2D eigenvalue weighted by Crippen LogP contribution is -2.17. The van der Waals surface area contributed by atoms with Gasteiger partial charge in [0.2, 0.25) is 0 Å². The molecule has 0 aliphatic carbocycles. The third-order valence-corrected chi connectivity index (χ3v) is 2.39. The van der Waals surface area contributed by atoms with Crippen LogP contribution in [-0.2, 0) is 0 Å². The molecule has 5 heteroatoms. The molecule has 0 bridgehead atoms. The summed E-state index contributed by atoms with van der Waals surface area (Å²) in [6, 6.07) is 2.15. The number of rotatable bonds is 1. The van der Waals surface area contributed by atoms with E-state index in [2.05, 4.69) is 9.97 Å². The molecule has 0 spiro atoms. The van der Waals surface area contributed by atoms with E-state index < -0.39 is 17.3 Å². The van der Waals surface area contributed by atoms with Crippen molar-refractivity contribution in [2.24, 2.45) is 0 Å². The van der Waals surface area contributed by atoms with Crippen molar-refractivity contribution in [3.05, 3.63) is 39.8 Å². The van der Waals surface area contributed by atoms with Crippen LogP contribution in [0.25, 0.3) is 11.4 Å². The molecule has 0 aromatic carbocycles. The number of aromatic nitrogens is 2. The fraction of sp³-hybridized carbons (Fsp3) is 0.273. The van der Waals surface area contributed by atoms with Crippen LogP contribution >= 0.6 is 0 Å². The quantitative estimate of drug-likeness (QED) is 0.755. The molecule has 0 aromatic rings. The number of pyridine rings is 2. The topological polar surface area (TPSA) is 45.8 Å². The number of fused-ring (bicyclic) bond motifs is 1. The van der Waals surface area contributed by atoms with Crippen LogP contribution in [0.5, 0.6) is 0 Å². The van der Waals surface area contributed by atoms with Gasteiger partial charge in [-0.25, -0.2) is 4.39 Å². The molecule has 0 amide bonds. The maximum Gasteiger partial charge on any atom is 0.275 e. The predicted octanol–water partition coefficient (Wildman–Crippen LogP) is 2.28. The molecule has 3 nitrogen and oxygen atoms in total. The first kappa shape index (κ1) is 10.7. The summed E-state index contributed by atoms with van der Waals surface area (Å²) in [5, 5.41) is 0. The summed E-state index contributed by atoms with van der Waals surface area (Å²) in [5.74, 6) is -1.68. The van der Waals surface area contributed by atoms with Gasteiger partial charge in [-0.3, -0.25) is 4.79 Å². The van der Waals surface area contributed by atoms with Gasteiger partial charge in [0.15, 0.2) is 5.95 Å². The first-order chi connectivity index (χ1) is 7.49. The van der Waals surface area contributed by atoms with Gasteiger partial charge in [0.25, 0.3) is 5.56 Å². The zero-order valence-electron chi connectivity index (χ0n) is 8.84. The highest BCUT2D eigenvalue weighted by Crippen LogP contribution is 2.23. The first-order valence-corrected chi connectivity index (χ1v) is 4.88. The maximum absolute atomic E-state index is 13.4. The second-order valence-corrected chi connectivity index (χ2v) is 3.90. The number of nitrogens with zero attached hydrogens (tertiary/aromatic N) is 1. The average molecular weight is 224 g/mol. The Kier molecular flexibility index (Phi) is 2.46. The Morgan fingerprint density at radius 1 is 1.31 bits per heavy atom. The Balaban J connectivity index is 2.80. The summed E-state index contributed by atoms with van der Waals surface area (Å²) in [6.45, 7) is 3.63. The molecule has 2 rings (SSSR count). The Labute approximate surface area is 90.5 Å². The van der Waals surface area contributed by atoms with Crippen molar-refractivity contribution in [2.75, 3.05) is 0 Å². The number of nitrogens with one attached hydrogen (secondary N) is 1. The van der Waals surface area contributed by atoms with E-state index in [0.29, 0.717) is 5.56 Å². The van der Waals surface area contributed by atoms with E-state index in [1.807, 2.05) is 13.8 Å². The number of H-pyrrole nitrogens is 1. The molecular weight excluding hydrogens is 214 g/mol. The van der Waals surface area contributed by atoms with Gasteiger partial charge in [-0.2, -0.15) is 9.37 Å². The van der Waals surface area contributed by atoms with Crippen LogP contribution in [0, 0.1) is 11.8 Å². The van der Waals surface area contributed by atoms with Crippen molar-refractivity contribution in [2.45, 2.75) is 19.8 Å². The van der Waals surface area contributed by atoms with Gasteiger partial charge in [-0.15, -0.1) is 0 Å². The number of hydrogen-bond acceptors (Lipinski definition) is 2. The van der Waals surface area contributed by atoms with E-state index in [4.69, 9.17) is 0 Å². The van der Waals surface area contributed by atoms with Crippen molar-refractivity contribution >= 4 is 0 Å². The van der Waals surface area contributed by atoms with E-state index in [9.17, 15) is 13.6 Å². The number of hydrogen-bond donors (Lipinski definition) is 1. The van der Waals surface area contributed by atoms with Gasteiger partial charge in [-0.05, 0) is 12.0 Å². The van der Waals surface area contributed by atoms with Gasteiger partial charge >= 0.3 is 0 Å². The van der Waals surface area contributed by atoms with E-state index in [0.717, 1.165) is 6.07 Å². The molecule has 2 aliphatic heterocycles. The minimum atomic E-state index is -0.853. The van der Waals surface area contributed by atoms with Crippen molar-refractivity contribution in [1.29, 1.82) is 0 Å². The zero-order chi connectivity index (χ0) is 11.9. The van der Waals surface area contributed by atoms with Crippen LogP contribution in [-0.4, -0.2) is 9.97 Å². The lowest BCUT2D eigenvalue weighted by Gasteiger charge is -2.09. The normalized spacial score (nSPS) is 11.3. The highest BCUT2D eigenvalue weighted by atomic mass is 19.1. The van der Waals surface area contributed by atoms with E-state index in [1.165, 1.54) is 6.07 Å². The number of halogens is 2. The van der Waals surface area contributed by atoms with Crippen LogP contribution in [0.15, 0.2) is 16.9 Å². The third kappa shape index (κ3) is 1.68. The molecule has 0 saturated heterocycles. The molecule has 0 saturated carbocycles. The standard InChI is InChI=1S/C11H10F2N2O/c1-5(2)6-3-7-8(12)4-9(13)14-10(7)15-11(6)16/h3-5H,1-2H3,(H,14,15,16). The SMILES string of the molecule is CC(C)c1cc2c(F)cc(F)[nH]c-2nc1=O. The predicted molar refractivity (Wildman–Crippen MR) is 55.5 cm³/mol. The van der Waals surface area contributed by atoms with Gasteiger partial charge in [0.1, 0.15) is 11.6 Å². The van der Waals surface area contributed by atoms with Crippen molar-refractivity contribution in [3.63, 3.8) is 0 Å². The second kappa shape index (κ2) is 3.66. The Morgan fingerprint density at radius 3 is 2.62 bits per heavy atom. The molecule has 0 radical (unpaired) electrons. The summed E-state index contributed by atoms with van der Waals surface area (Å²) < 4.78 is 26.3. The van der Waals surface area contributed by atoms with Crippen LogP contribution in [0.4, 0.5) is 8.78 Å². The number of aromatic amines is 1. The Bertz CT molecular complexity index is 563. The van der Waals surface area contributed by atoms with Crippen LogP contribution in [0.3, 0.4) is 0 Å². The zero-order valence-corrected chi connectivity index (χ0v) is 8.84. The summed E-state index contributed by atoms with van der Waals surface area (Å²) in [4.78, 5) is 17.4. The molecule has 2 aliphatic rings. The Hall–Kier alpha value is -1.78. The van der Waals surface area contributed by atoms with Crippen LogP contribution in [0.2, 0.25) is 0 Å². The fourth-order valence-corrected chi connectivity index (χ4v) is 1.54. The van der Waals surface area contributed by atoms with Crippen LogP contribution in [0.1, 0.15) is 25.3 Å². The van der Waals surface area contributed by atoms with Crippen molar-refractivity contribution in [1.82, 2.24) is 9.97 Å². The monoisotopic (exact) mass is 224 g/mol. The van der Waals surface area contributed by atoms with Crippen LogP contribution < -0.4 is 5.56 Å². The molecule has 0 unspecified atom stereocenters. The van der Waals surface area contributed by atoms with E-state index in [1.54, 1.807) is 0 Å². The molecule has 1 N–H and O–H groups in total. The fourth-order valence-electron chi connectivity index (χ4n) is 1.54. The minimum absolute atomic E-state index is 0.0474. The molecular formula is C11H10F2N2O. The second-order valence-electron chi connectivity index (χ2n) is 3.90. The molecule has 0 aromatic heterocycles. The smallest absolute Gasteiger partial charge is 0.275 e. The van der Waals surface area contributed by atoms with Gasteiger partial charge < -0.3 is 4.98 Å². The summed E-state index contributed by atoms with van der Waals surface area (Å²) in [5.41, 5.74) is 0.0971. The van der Waals surface area contributed by atoms with Gasteiger partial charge in [-0.1, -0.05) is 13.8 Å². The molecule has 0 fully saturated rings. The largest absolute Gasteiger partial charge is 0.316 e. The maximum atomic E-state index is 13.4. The molecule has 0 atom stereocenters. The highest BCUT2D eigenvalue weighted by molar-refractivity contribution is 5.58. The first-order valence-electron chi connectivity index (χ1n) is 4.88. The summed E-state index contributed by atoms with van der Waals surface area (Å²) >= 11 is 0.